The molecule has 0 aliphatic rings. The van der Waals surface area contributed by atoms with Crippen LogP contribution in [0.1, 0.15) is 0 Å². The van der Waals surface area contributed by atoms with E-state index >= 15 is 0 Å². The number of nitrogens with zero attached hydrogens (tertiary/aromatic N) is 1. The average Bonchev–Trinajstić information content (AvgIpc) is 3.69. The first kappa shape index (κ1) is 33.6. The molecule has 0 unspecified atom stereocenters. The highest BCUT2D eigenvalue weighted by Crippen LogP contribution is 2.45. The molecule has 0 N–H and O–H groups in total. The summed E-state index contributed by atoms with van der Waals surface area (Å²) in [7, 11) is 0. The van der Waals surface area contributed by atoms with Crippen LogP contribution in [0.3, 0.4) is 0 Å². The van der Waals surface area contributed by atoms with E-state index in [2.05, 4.69) is 229 Å². The molecule has 1 heterocycles. The lowest BCUT2D eigenvalue weighted by Gasteiger charge is -2.26. The molecule has 0 aliphatic heterocycles. The standard InChI is InChI=1S/C56H37NO/c1-2-14-41(15-3-1)51-22-10-23-52-53-24-11-25-54(56(53)58-55(51)52)57(49-32-30-40(31-33-49)47-28-26-38-12-4-6-16-42(38)34-47)50-21-9-20-46(37-50)44-18-8-19-45(36-44)48-29-27-39-13-5-7-17-43(39)35-48/h1-37H. The van der Waals surface area contributed by atoms with Gasteiger partial charge in [-0.1, -0.05) is 176 Å². The predicted molar refractivity (Wildman–Crippen MR) is 245 cm³/mol. The van der Waals surface area contributed by atoms with E-state index in [0.717, 1.165) is 61.3 Å². The summed E-state index contributed by atoms with van der Waals surface area (Å²) in [5, 5.41) is 7.15. The average molecular weight is 740 g/mol. The number of anilines is 3. The van der Waals surface area contributed by atoms with Crippen molar-refractivity contribution in [3.63, 3.8) is 0 Å². The van der Waals surface area contributed by atoms with Gasteiger partial charge in [-0.15, -0.1) is 0 Å². The van der Waals surface area contributed by atoms with Gasteiger partial charge in [0, 0.05) is 27.7 Å². The van der Waals surface area contributed by atoms with Crippen LogP contribution in [-0.4, -0.2) is 0 Å². The quantitative estimate of drug-likeness (QED) is 0.162. The Hall–Kier alpha value is -7.68. The van der Waals surface area contributed by atoms with E-state index in [4.69, 9.17) is 4.42 Å². The summed E-state index contributed by atoms with van der Waals surface area (Å²) in [6.45, 7) is 0. The van der Waals surface area contributed by atoms with E-state index in [-0.39, 0.29) is 0 Å². The van der Waals surface area contributed by atoms with Gasteiger partial charge in [-0.05, 0) is 109 Å². The van der Waals surface area contributed by atoms with Crippen molar-refractivity contribution < 1.29 is 4.42 Å². The highest BCUT2D eigenvalue weighted by Gasteiger charge is 2.21. The zero-order valence-electron chi connectivity index (χ0n) is 31.7. The summed E-state index contributed by atoms with van der Waals surface area (Å²) in [6.07, 6.45) is 0. The molecule has 2 nitrogen and oxygen atoms in total. The van der Waals surface area contributed by atoms with E-state index < -0.39 is 0 Å². The van der Waals surface area contributed by atoms with Crippen molar-refractivity contribution in [1.29, 1.82) is 0 Å². The lowest BCUT2D eigenvalue weighted by molar-refractivity contribution is 0.670. The Bertz CT molecular complexity index is 3290. The predicted octanol–water partition coefficient (Wildman–Crippen LogP) is 16.0. The van der Waals surface area contributed by atoms with Crippen LogP contribution < -0.4 is 4.90 Å². The number of furan rings is 1. The number of rotatable bonds is 7. The molecule has 0 fully saturated rings. The van der Waals surface area contributed by atoms with Gasteiger partial charge in [0.15, 0.2) is 5.58 Å². The number of fused-ring (bicyclic) bond motifs is 5. The van der Waals surface area contributed by atoms with Crippen molar-refractivity contribution in [2.24, 2.45) is 0 Å². The van der Waals surface area contributed by atoms with E-state index in [1.54, 1.807) is 0 Å². The first-order valence-electron chi connectivity index (χ1n) is 19.8. The number of hydrogen-bond acceptors (Lipinski definition) is 2. The maximum absolute atomic E-state index is 7.00. The molecule has 0 aliphatic carbocycles. The summed E-state index contributed by atoms with van der Waals surface area (Å²) in [6, 6.07) is 80.6. The van der Waals surface area contributed by atoms with Crippen LogP contribution in [0.2, 0.25) is 0 Å². The minimum absolute atomic E-state index is 0.850. The summed E-state index contributed by atoms with van der Waals surface area (Å²) in [5.74, 6) is 0. The van der Waals surface area contributed by atoms with Crippen molar-refractivity contribution in [2.45, 2.75) is 0 Å². The molecule has 11 rings (SSSR count). The number of para-hydroxylation sites is 2. The molecule has 0 bridgehead atoms. The molecule has 0 saturated heterocycles. The summed E-state index contributed by atoms with van der Waals surface area (Å²) in [5.41, 5.74) is 14.1. The van der Waals surface area contributed by atoms with Gasteiger partial charge in [0.25, 0.3) is 0 Å². The topological polar surface area (TPSA) is 16.4 Å². The van der Waals surface area contributed by atoms with Crippen molar-refractivity contribution >= 4 is 60.5 Å². The van der Waals surface area contributed by atoms with Gasteiger partial charge in [-0.2, -0.15) is 0 Å². The fourth-order valence-corrected chi connectivity index (χ4v) is 8.50. The second-order valence-electron chi connectivity index (χ2n) is 14.9. The molecule has 2 heteroatoms. The molecule has 10 aromatic carbocycles. The zero-order chi connectivity index (χ0) is 38.4. The third kappa shape index (κ3) is 6.00. The van der Waals surface area contributed by atoms with Crippen LogP contribution in [-0.2, 0) is 0 Å². The Kier molecular flexibility index (Phi) is 8.19. The normalized spacial score (nSPS) is 11.4. The van der Waals surface area contributed by atoms with Crippen LogP contribution in [0.15, 0.2) is 229 Å². The van der Waals surface area contributed by atoms with Gasteiger partial charge < -0.3 is 9.32 Å². The highest BCUT2D eigenvalue weighted by atomic mass is 16.3. The van der Waals surface area contributed by atoms with Gasteiger partial charge in [0.05, 0.1) is 5.69 Å². The van der Waals surface area contributed by atoms with Gasteiger partial charge >= 0.3 is 0 Å². The lowest BCUT2D eigenvalue weighted by atomic mass is 9.97. The third-order valence-electron chi connectivity index (χ3n) is 11.4. The molecule has 58 heavy (non-hydrogen) atoms. The molecule has 0 atom stereocenters. The van der Waals surface area contributed by atoms with E-state index in [1.807, 2.05) is 0 Å². The molecule has 0 spiro atoms. The van der Waals surface area contributed by atoms with E-state index in [0.29, 0.717) is 0 Å². The molecule has 272 valence electrons. The SMILES string of the molecule is c1ccc(-c2cccc3c2oc2c(N(c4ccc(-c5ccc6ccccc6c5)cc4)c4cccc(-c5cccc(-c6ccc7ccccc7c6)c5)c4)cccc23)cc1. The molecular weight excluding hydrogens is 703 g/mol. The second kappa shape index (κ2) is 14.1. The van der Waals surface area contributed by atoms with Crippen molar-refractivity contribution in [3.8, 4) is 44.5 Å². The van der Waals surface area contributed by atoms with Gasteiger partial charge in [0.2, 0.25) is 0 Å². The maximum atomic E-state index is 7.00. The largest absolute Gasteiger partial charge is 0.453 e. The van der Waals surface area contributed by atoms with Gasteiger partial charge in [-0.25, -0.2) is 0 Å². The summed E-state index contributed by atoms with van der Waals surface area (Å²) < 4.78 is 7.00. The van der Waals surface area contributed by atoms with Gasteiger partial charge in [0.1, 0.15) is 5.58 Å². The van der Waals surface area contributed by atoms with Crippen LogP contribution >= 0.6 is 0 Å². The zero-order valence-corrected chi connectivity index (χ0v) is 31.7. The smallest absolute Gasteiger partial charge is 0.159 e. The molecule has 0 saturated carbocycles. The lowest BCUT2D eigenvalue weighted by Crippen LogP contribution is -2.10. The molecule has 0 amide bonds. The summed E-state index contributed by atoms with van der Waals surface area (Å²) >= 11 is 0. The highest BCUT2D eigenvalue weighted by molar-refractivity contribution is 6.13. The Morgan fingerprint density at radius 1 is 0.276 bits per heavy atom. The van der Waals surface area contributed by atoms with Crippen molar-refractivity contribution in [2.75, 3.05) is 4.90 Å². The van der Waals surface area contributed by atoms with Crippen LogP contribution in [0.25, 0.3) is 88.0 Å². The van der Waals surface area contributed by atoms with E-state index in [9.17, 15) is 0 Å². The van der Waals surface area contributed by atoms with Crippen LogP contribution in [0.4, 0.5) is 17.1 Å². The molecule has 11 aromatic rings. The number of benzene rings is 10. The van der Waals surface area contributed by atoms with Crippen LogP contribution in [0.5, 0.6) is 0 Å². The first-order chi connectivity index (χ1) is 28.7. The van der Waals surface area contributed by atoms with Gasteiger partial charge in [-0.3, -0.25) is 0 Å². The fraction of sp³-hybridized carbons (Fsp3) is 0. The van der Waals surface area contributed by atoms with Crippen LogP contribution in [0, 0.1) is 0 Å². The Balaban J connectivity index is 1.06. The Morgan fingerprint density at radius 3 is 1.47 bits per heavy atom. The maximum Gasteiger partial charge on any atom is 0.159 e. The Labute approximate surface area is 337 Å². The van der Waals surface area contributed by atoms with E-state index in [1.165, 1.54) is 43.8 Å². The van der Waals surface area contributed by atoms with Crippen molar-refractivity contribution in [3.05, 3.63) is 224 Å². The minimum Gasteiger partial charge on any atom is -0.453 e. The fourth-order valence-electron chi connectivity index (χ4n) is 8.50. The minimum atomic E-state index is 0.850. The third-order valence-corrected chi connectivity index (χ3v) is 11.4. The molecule has 1 aromatic heterocycles. The first-order valence-corrected chi connectivity index (χ1v) is 19.8. The number of hydrogen-bond donors (Lipinski definition) is 0. The second-order valence-corrected chi connectivity index (χ2v) is 14.9. The summed E-state index contributed by atoms with van der Waals surface area (Å²) in [4.78, 5) is 2.34. The molecular formula is C56H37NO. The molecule has 0 radical (unpaired) electrons. The Morgan fingerprint density at radius 2 is 0.776 bits per heavy atom. The van der Waals surface area contributed by atoms with Crippen molar-refractivity contribution in [1.82, 2.24) is 0 Å². The monoisotopic (exact) mass is 739 g/mol.